The van der Waals surface area contributed by atoms with Crippen LogP contribution in [0, 0.1) is 0 Å². The van der Waals surface area contributed by atoms with Crippen molar-refractivity contribution in [2.75, 3.05) is 0 Å². The smallest absolute Gasteiger partial charge is 2.00 e. The fourth-order valence-corrected chi connectivity index (χ4v) is 0. The zero-order chi connectivity index (χ0) is 0. The molecule has 0 aromatic carbocycles. The Morgan fingerprint density at radius 1 is 1.00 bits per heavy atom. The molecule has 0 unspecified atom stereocenters. The van der Waals surface area contributed by atoms with E-state index >= 15 is 0 Å². The first-order chi connectivity index (χ1) is 0. The van der Waals surface area contributed by atoms with Crippen molar-refractivity contribution in [1.29, 1.82) is 0 Å². The molecule has 0 aliphatic carbocycles. The van der Waals surface area contributed by atoms with Crippen molar-refractivity contribution in [2.45, 2.75) is 0 Å². The standard InChI is InChI=1S/Li.O.P.V/q+1;-2;+3;+5. The van der Waals surface area contributed by atoms with Crippen LogP contribution in [0.3, 0.4) is 0 Å². The third-order valence-electron chi connectivity index (χ3n) is 0. The number of hydrogen-bond donors (Lipinski definition) is 0. The van der Waals surface area contributed by atoms with E-state index in [2.05, 4.69) is 0 Å². The summed E-state index contributed by atoms with van der Waals surface area (Å²) in [6.45, 7) is 0. The molecule has 0 N–H and O–H groups in total. The van der Waals surface area contributed by atoms with Gasteiger partial charge in [0.2, 0.25) is 0 Å². The van der Waals surface area contributed by atoms with E-state index in [1.807, 2.05) is 0 Å². The molecule has 2 radical (unpaired) electrons. The summed E-state index contributed by atoms with van der Waals surface area (Å²) in [6, 6.07) is 0. The van der Waals surface area contributed by atoms with E-state index in [1.54, 1.807) is 0 Å². The fourth-order valence-electron chi connectivity index (χ4n) is 0. The van der Waals surface area contributed by atoms with Crippen LogP contribution in [0.4, 0.5) is 0 Å². The SMILES string of the molecule is [Li+].[O-2].[P+3].[V+5]. The zero-order valence-corrected chi connectivity index (χ0v) is 4.59. The second-order valence-electron chi connectivity index (χ2n) is 0. The Morgan fingerprint density at radius 3 is 1.00 bits per heavy atom. The molecule has 4 heteroatoms. The molecule has 0 aromatic rings. The second-order valence-corrected chi connectivity index (χ2v) is 0. The molecule has 0 saturated heterocycles. The van der Waals surface area contributed by atoms with Crippen molar-refractivity contribution in [3.63, 3.8) is 0 Å². The van der Waals surface area contributed by atoms with Crippen LogP contribution in [0.2, 0.25) is 0 Å². The van der Waals surface area contributed by atoms with Gasteiger partial charge in [0.05, 0.1) is 0 Å². The summed E-state index contributed by atoms with van der Waals surface area (Å²) in [4.78, 5) is 0. The molecule has 0 aromatic heterocycles. The van der Waals surface area contributed by atoms with Gasteiger partial charge in [0.1, 0.15) is 0 Å². The average Bonchev–Trinajstić information content (AvgIpc) is 0. The Labute approximate surface area is 52.9 Å². The van der Waals surface area contributed by atoms with E-state index in [9.17, 15) is 0 Å². The average molecular weight is 105 g/mol. The Kier molecular flexibility index (Phi) is 278. The van der Waals surface area contributed by atoms with Crippen molar-refractivity contribution in [3.8, 4) is 0 Å². The minimum absolute atomic E-state index is 0. The predicted octanol–water partition coefficient (Wildman–Crippen LogP) is -2.26. The van der Waals surface area contributed by atoms with E-state index in [4.69, 9.17) is 0 Å². The quantitative estimate of drug-likeness (QED) is 0.246. The molecule has 0 rings (SSSR count). The predicted molar refractivity (Wildman–Crippen MR) is 7.61 cm³/mol. The molecule has 0 heterocycles. The molecule has 0 aliphatic heterocycles. The molecular formula is LiOPV+7. The van der Waals surface area contributed by atoms with Crippen LogP contribution in [0.15, 0.2) is 0 Å². The van der Waals surface area contributed by atoms with Gasteiger partial charge in [0, 0.05) is 0 Å². The molecule has 0 aliphatic rings. The fraction of sp³-hybridized carbons (Fsp3) is 0. The Morgan fingerprint density at radius 2 is 1.00 bits per heavy atom. The molecule has 0 saturated carbocycles. The maximum Gasteiger partial charge on any atom is 5.00 e. The van der Waals surface area contributed by atoms with Crippen molar-refractivity contribution >= 4 is 9.90 Å². The molecular weight excluding hydrogens is 105 g/mol. The first kappa shape index (κ1) is 47.1. The van der Waals surface area contributed by atoms with E-state index in [1.165, 1.54) is 0 Å². The van der Waals surface area contributed by atoms with Gasteiger partial charge < -0.3 is 5.48 Å². The van der Waals surface area contributed by atoms with E-state index < -0.39 is 0 Å². The number of rotatable bonds is 0. The number of hydrogen-bond acceptors (Lipinski definition) is 0. The monoisotopic (exact) mass is 105 g/mol. The van der Waals surface area contributed by atoms with Crippen LogP contribution in [0.25, 0.3) is 0 Å². The summed E-state index contributed by atoms with van der Waals surface area (Å²) in [7, 11) is 0. The molecule has 0 spiro atoms. The minimum atomic E-state index is 0. The minimum Gasteiger partial charge on any atom is -2.00 e. The van der Waals surface area contributed by atoms with Gasteiger partial charge in [-0.3, -0.25) is 0 Å². The van der Waals surface area contributed by atoms with Crippen LogP contribution in [0.1, 0.15) is 0 Å². The first-order valence-corrected chi connectivity index (χ1v) is 0. The van der Waals surface area contributed by atoms with Crippen LogP contribution in [-0.4, -0.2) is 0 Å². The topological polar surface area (TPSA) is 28.5 Å². The third kappa shape index (κ3) is 9.56. The van der Waals surface area contributed by atoms with Crippen LogP contribution >= 0.6 is 9.90 Å². The van der Waals surface area contributed by atoms with Gasteiger partial charge in [-0.2, -0.15) is 0 Å². The molecule has 0 amide bonds. The maximum atomic E-state index is 0. The van der Waals surface area contributed by atoms with E-state index in [0.717, 1.165) is 0 Å². The van der Waals surface area contributed by atoms with E-state index in [-0.39, 0.29) is 52.8 Å². The van der Waals surface area contributed by atoms with Gasteiger partial charge in [0.25, 0.3) is 0 Å². The molecule has 0 fully saturated rings. The first-order valence-electron chi connectivity index (χ1n) is 0. The van der Waals surface area contributed by atoms with Crippen LogP contribution < -0.4 is 18.9 Å². The normalized spacial score (nSPS) is 0. The summed E-state index contributed by atoms with van der Waals surface area (Å²) in [5, 5.41) is 0. The van der Waals surface area contributed by atoms with Crippen molar-refractivity contribution < 1.29 is 42.9 Å². The van der Waals surface area contributed by atoms with Crippen molar-refractivity contribution in [1.82, 2.24) is 0 Å². The molecule has 4 heavy (non-hydrogen) atoms. The van der Waals surface area contributed by atoms with Gasteiger partial charge in [-0.05, 0) is 0 Å². The third-order valence-corrected chi connectivity index (χ3v) is 0. The van der Waals surface area contributed by atoms with Crippen LogP contribution in [-0.2, 0) is 24.0 Å². The summed E-state index contributed by atoms with van der Waals surface area (Å²) in [5.41, 5.74) is 0. The second kappa shape index (κ2) is 23.6. The Hall–Kier alpha value is 1.57. The molecule has 0 bridgehead atoms. The maximum absolute atomic E-state index is 0. The van der Waals surface area contributed by atoms with Gasteiger partial charge in [-0.15, -0.1) is 0 Å². The molecule has 0 atom stereocenters. The summed E-state index contributed by atoms with van der Waals surface area (Å²) in [5.74, 6) is 0. The van der Waals surface area contributed by atoms with Crippen molar-refractivity contribution in [3.05, 3.63) is 0 Å². The zero-order valence-electron chi connectivity index (χ0n) is 2.30. The van der Waals surface area contributed by atoms with Crippen LogP contribution in [0.5, 0.6) is 0 Å². The van der Waals surface area contributed by atoms with Gasteiger partial charge in [0.15, 0.2) is 0 Å². The van der Waals surface area contributed by atoms with Gasteiger partial charge in [-0.1, -0.05) is 0 Å². The van der Waals surface area contributed by atoms with Gasteiger partial charge in [-0.25, -0.2) is 0 Å². The van der Waals surface area contributed by atoms with Crippen molar-refractivity contribution in [2.24, 2.45) is 0 Å². The van der Waals surface area contributed by atoms with Gasteiger partial charge >= 0.3 is 47.3 Å². The Balaban J connectivity index is 0. The summed E-state index contributed by atoms with van der Waals surface area (Å²) < 4.78 is 0. The summed E-state index contributed by atoms with van der Waals surface area (Å²) in [6.07, 6.45) is 0. The molecule has 1 nitrogen and oxygen atoms in total. The van der Waals surface area contributed by atoms with E-state index in [0.29, 0.717) is 0 Å². The summed E-state index contributed by atoms with van der Waals surface area (Å²) >= 11 is 0. The largest absolute Gasteiger partial charge is 5.00 e. The molecule has 10 valence electrons. The Bertz CT molecular complexity index is 8.00.